The lowest BCUT2D eigenvalue weighted by molar-refractivity contribution is -0.143. The third-order valence-electron chi connectivity index (χ3n) is 7.93. The molecule has 6 heteroatoms. The second kappa shape index (κ2) is 9.84. The van der Waals surface area contributed by atoms with Crippen LogP contribution >= 0.6 is 0 Å². The van der Waals surface area contributed by atoms with E-state index in [9.17, 15) is 14.4 Å². The SMILES string of the molecule is CC(C)C(C(=O)N1CCCC1C(=O)NCc1ccc(C2CCC2)cc1)N1Cc2ccccc2C1=O. The average molecular weight is 474 g/mol. The van der Waals surface area contributed by atoms with Crippen LogP contribution in [0.3, 0.4) is 0 Å². The summed E-state index contributed by atoms with van der Waals surface area (Å²) in [5.41, 5.74) is 4.08. The molecule has 3 amide bonds. The van der Waals surface area contributed by atoms with Crippen molar-refractivity contribution in [1.29, 1.82) is 0 Å². The fraction of sp³-hybridized carbons (Fsp3) is 0.483. The maximum Gasteiger partial charge on any atom is 0.255 e. The van der Waals surface area contributed by atoms with Crippen LogP contribution in [0.5, 0.6) is 0 Å². The second-order valence-corrected chi connectivity index (χ2v) is 10.6. The van der Waals surface area contributed by atoms with Crippen molar-refractivity contribution in [2.75, 3.05) is 6.54 Å². The second-order valence-electron chi connectivity index (χ2n) is 10.6. The molecule has 1 N–H and O–H groups in total. The number of benzene rings is 2. The highest BCUT2D eigenvalue weighted by atomic mass is 16.2. The van der Waals surface area contributed by atoms with E-state index in [4.69, 9.17) is 0 Å². The van der Waals surface area contributed by atoms with Crippen LogP contribution in [-0.4, -0.2) is 46.1 Å². The Morgan fingerprint density at radius 2 is 1.74 bits per heavy atom. The fourth-order valence-electron chi connectivity index (χ4n) is 5.71. The molecule has 2 aromatic rings. The smallest absolute Gasteiger partial charge is 0.255 e. The summed E-state index contributed by atoms with van der Waals surface area (Å²) in [6.45, 7) is 5.38. The summed E-state index contributed by atoms with van der Waals surface area (Å²) in [6, 6.07) is 15.0. The van der Waals surface area contributed by atoms with Gasteiger partial charge < -0.3 is 15.1 Å². The first kappa shape index (κ1) is 23.6. The maximum atomic E-state index is 13.7. The van der Waals surface area contributed by atoms with Crippen molar-refractivity contribution >= 4 is 17.7 Å². The maximum absolute atomic E-state index is 13.7. The minimum Gasteiger partial charge on any atom is -0.350 e. The summed E-state index contributed by atoms with van der Waals surface area (Å²) in [6.07, 6.45) is 5.30. The van der Waals surface area contributed by atoms with E-state index in [1.54, 1.807) is 9.80 Å². The van der Waals surface area contributed by atoms with Crippen LogP contribution in [0.15, 0.2) is 48.5 Å². The van der Waals surface area contributed by atoms with E-state index >= 15 is 0 Å². The van der Waals surface area contributed by atoms with E-state index in [2.05, 4.69) is 29.6 Å². The highest BCUT2D eigenvalue weighted by molar-refractivity contribution is 6.01. The summed E-state index contributed by atoms with van der Waals surface area (Å²) < 4.78 is 0. The molecule has 0 radical (unpaired) electrons. The molecule has 2 aliphatic heterocycles. The van der Waals surface area contributed by atoms with Gasteiger partial charge in [0.25, 0.3) is 5.91 Å². The average Bonchev–Trinajstić information content (AvgIpc) is 3.43. The van der Waals surface area contributed by atoms with Gasteiger partial charge in [0, 0.05) is 25.2 Å². The first-order valence-corrected chi connectivity index (χ1v) is 13.0. The zero-order valence-corrected chi connectivity index (χ0v) is 20.7. The van der Waals surface area contributed by atoms with E-state index in [1.165, 1.54) is 24.8 Å². The Morgan fingerprint density at radius 1 is 1.00 bits per heavy atom. The number of nitrogens with zero attached hydrogens (tertiary/aromatic N) is 2. The number of rotatable bonds is 7. The summed E-state index contributed by atoms with van der Waals surface area (Å²) >= 11 is 0. The number of hydrogen-bond acceptors (Lipinski definition) is 3. The van der Waals surface area contributed by atoms with Crippen LogP contribution in [0.1, 0.15) is 78.9 Å². The Labute approximate surface area is 207 Å². The van der Waals surface area contributed by atoms with Gasteiger partial charge in [0.05, 0.1) is 0 Å². The van der Waals surface area contributed by atoms with Crippen molar-refractivity contribution in [3.05, 3.63) is 70.8 Å². The van der Waals surface area contributed by atoms with Crippen LogP contribution in [0.25, 0.3) is 0 Å². The Balaban J connectivity index is 1.24. The molecular formula is C29H35N3O3. The minimum atomic E-state index is -0.581. The molecule has 2 unspecified atom stereocenters. The van der Waals surface area contributed by atoms with Crippen molar-refractivity contribution in [3.8, 4) is 0 Å². The van der Waals surface area contributed by atoms with Crippen LogP contribution in [-0.2, 0) is 22.7 Å². The van der Waals surface area contributed by atoms with Gasteiger partial charge in [-0.05, 0) is 60.3 Å². The quantitative estimate of drug-likeness (QED) is 0.654. The van der Waals surface area contributed by atoms with Gasteiger partial charge in [-0.2, -0.15) is 0 Å². The van der Waals surface area contributed by atoms with Crippen molar-refractivity contribution in [2.24, 2.45) is 5.92 Å². The van der Waals surface area contributed by atoms with E-state index in [-0.39, 0.29) is 23.6 Å². The molecule has 3 aliphatic rings. The fourth-order valence-corrected chi connectivity index (χ4v) is 5.71. The van der Waals surface area contributed by atoms with Crippen molar-refractivity contribution in [1.82, 2.24) is 15.1 Å². The molecule has 2 heterocycles. The molecular weight excluding hydrogens is 438 g/mol. The van der Waals surface area contributed by atoms with Gasteiger partial charge in [0.2, 0.25) is 11.8 Å². The predicted octanol–water partition coefficient (Wildman–Crippen LogP) is 4.24. The lowest BCUT2D eigenvalue weighted by Gasteiger charge is -2.35. The highest BCUT2D eigenvalue weighted by Crippen LogP contribution is 2.36. The monoisotopic (exact) mass is 473 g/mol. The molecule has 0 spiro atoms. The zero-order chi connectivity index (χ0) is 24.5. The molecule has 2 aromatic carbocycles. The zero-order valence-electron chi connectivity index (χ0n) is 20.7. The minimum absolute atomic E-state index is 0.0562. The molecule has 35 heavy (non-hydrogen) atoms. The molecule has 0 bridgehead atoms. The molecule has 2 atom stereocenters. The van der Waals surface area contributed by atoms with Gasteiger partial charge in [0.15, 0.2) is 0 Å². The topological polar surface area (TPSA) is 69.7 Å². The summed E-state index contributed by atoms with van der Waals surface area (Å²) in [7, 11) is 0. The third-order valence-corrected chi connectivity index (χ3v) is 7.93. The van der Waals surface area contributed by atoms with Gasteiger partial charge in [0.1, 0.15) is 12.1 Å². The van der Waals surface area contributed by atoms with Crippen LogP contribution in [0.2, 0.25) is 0 Å². The Hall–Kier alpha value is -3.15. The Kier molecular flexibility index (Phi) is 6.63. The Morgan fingerprint density at radius 3 is 2.40 bits per heavy atom. The van der Waals surface area contributed by atoms with Gasteiger partial charge in [-0.1, -0.05) is 62.7 Å². The lowest BCUT2D eigenvalue weighted by atomic mass is 9.80. The standard InChI is InChI=1S/C29H35N3O3/c1-19(2)26(32-18-23-7-3-4-10-24(23)28(32)34)29(35)31-16-6-11-25(31)27(33)30-17-20-12-14-22(15-13-20)21-8-5-9-21/h3-4,7,10,12-15,19,21,25-26H,5-6,8-9,11,16-18H2,1-2H3,(H,30,33). The largest absolute Gasteiger partial charge is 0.350 e. The molecule has 0 aromatic heterocycles. The summed E-state index contributed by atoms with van der Waals surface area (Å²) in [5, 5.41) is 3.05. The van der Waals surface area contributed by atoms with Crippen LogP contribution in [0, 0.1) is 5.92 Å². The van der Waals surface area contributed by atoms with Crippen LogP contribution in [0.4, 0.5) is 0 Å². The van der Waals surface area contributed by atoms with Crippen molar-refractivity contribution < 1.29 is 14.4 Å². The van der Waals surface area contributed by atoms with E-state index in [0.717, 1.165) is 17.5 Å². The first-order chi connectivity index (χ1) is 16.9. The van der Waals surface area contributed by atoms with Crippen molar-refractivity contribution in [2.45, 2.75) is 77.0 Å². The van der Waals surface area contributed by atoms with Crippen LogP contribution < -0.4 is 5.32 Å². The molecule has 5 rings (SSSR count). The Bertz CT molecular complexity index is 1110. The molecule has 2 fully saturated rings. The van der Waals surface area contributed by atoms with Gasteiger partial charge >= 0.3 is 0 Å². The number of hydrogen-bond donors (Lipinski definition) is 1. The van der Waals surface area contributed by atoms with E-state index < -0.39 is 12.1 Å². The van der Waals surface area contributed by atoms with Gasteiger partial charge in [-0.15, -0.1) is 0 Å². The van der Waals surface area contributed by atoms with E-state index in [1.807, 2.05) is 38.1 Å². The molecule has 1 saturated carbocycles. The van der Waals surface area contributed by atoms with Crippen molar-refractivity contribution in [3.63, 3.8) is 0 Å². The lowest BCUT2D eigenvalue weighted by Crippen LogP contribution is -2.55. The van der Waals surface area contributed by atoms with E-state index in [0.29, 0.717) is 37.5 Å². The molecule has 1 aliphatic carbocycles. The molecule has 1 saturated heterocycles. The number of fused-ring (bicyclic) bond motifs is 1. The highest BCUT2D eigenvalue weighted by Gasteiger charge is 2.43. The molecule has 184 valence electrons. The molecule has 6 nitrogen and oxygen atoms in total. The van der Waals surface area contributed by atoms with Gasteiger partial charge in [-0.3, -0.25) is 14.4 Å². The first-order valence-electron chi connectivity index (χ1n) is 13.0. The number of nitrogens with one attached hydrogen (secondary N) is 1. The summed E-state index contributed by atoms with van der Waals surface area (Å²) in [5.74, 6) is 0.305. The normalized spacial score (nSPS) is 20.7. The van der Waals surface area contributed by atoms with Gasteiger partial charge in [-0.25, -0.2) is 0 Å². The number of likely N-dealkylation sites (tertiary alicyclic amines) is 1. The predicted molar refractivity (Wildman–Crippen MR) is 135 cm³/mol. The number of amides is 3. The number of carbonyl (C=O) groups is 3. The number of carbonyl (C=O) groups excluding carboxylic acids is 3. The third kappa shape index (κ3) is 4.58. The summed E-state index contributed by atoms with van der Waals surface area (Å²) in [4.78, 5) is 43.4.